The van der Waals surface area contributed by atoms with Crippen LogP contribution in [0.1, 0.15) is 12.0 Å². The minimum atomic E-state index is 0.631. The second-order valence-corrected chi connectivity index (χ2v) is 7.18. The van der Waals surface area contributed by atoms with E-state index < -0.39 is 0 Å². The summed E-state index contributed by atoms with van der Waals surface area (Å²) in [5, 5.41) is 3.09. The van der Waals surface area contributed by atoms with E-state index in [1.165, 1.54) is 0 Å². The third kappa shape index (κ3) is 5.03. The first kappa shape index (κ1) is 19.3. The van der Waals surface area contributed by atoms with Gasteiger partial charge in [-0.2, -0.15) is 0 Å². The van der Waals surface area contributed by atoms with Crippen molar-refractivity contribution >= 4 is 22.4 Å². The minimum absolute atomic E-state index is 0.631. The van der Waals surface area contributed by atoms with Gasteiger partial charge in [-0.15, -0.1) is 11.3 Å². The summed E-state index contributed by atoms with van der Waals surface area (Å²) in [5.74, 6) is 2.35. The van der Waals surface area contributed by atoms with Crippen LogP contribution in [0.25, 0.3) is 0 Å². The number of ether oxygens (including phenoxy) is 2. The second-order valence-electron chi connectivity index (χ2n) is 6.31. The van der Waals surface area contributed by atoms with Crippen molar-refractivity contribution in [2.45, 2.75) is 12.8 Å². The molecule has 1 aromatic carbocycles. The fourth-order valence-corrected chi connectivity index (χ4v) is 3.84. The number of rotatable bonds is 7. The molecule has 0 spiro atoms. The molecule has 3 rings (SSSR count). The van der Waals surface area contributed by atoms with E-state index >= 15 is 0 Å². The van der Waals surface area contributed by atoms with Crippen LogP contribution in [0, 0.1) is 0 Å². The predicted molar refractivity (Wildman–Crippen MR) is 110 cm³/mol. The number of aliphatic imine (C=N–C) groups is 1. The largest absolute Gasteiger partial charge is 0.497 e. The quantitative estimate of drug-likeness (QED) is 0.445. The molecule has 7 nitrogen and oxygen atoms in total. The molecule has 0 radical (unpaired) electrons. The number of aryl methyl sites for hydroxylation is 1. The average molecular weight is 390 g/mol. The lowest BCUT2D eigenvalue weighted by atomic mass is 10.1. The zero-order chi connectivity index (χ0) is 19.1. The van der Waals surface area contributed by atoms with Gasteiger partial charge in [0.15, 0.2) is 11.1 Å². The van der Waals surface area contributed by atoms with E-state index in [4.69, 9.17) is 15.2 Å². The molecule has 2 N–H and O–H groups in total. The molecule has 1 fully saturated rings. The van der Waals surface area contributed by atoms with E-state index in [0.29, 0.717) is 12.5 Å². The Labute approximate surface area is 164 Å². The Morgan fingerprint density at radius 2 is 2.04 bits per heavy atom. The number of thiazole rings is 1. The molecule has 0 saturated carbocycles. The molecule has 2 aromatic rings. The van der Waals surface area contributed by atoms with E-state index in [2.05, 4.69) is 19.8 Å². The Kier molecular flexibility index (Phi) is 6.75. The lowest BCUT2D eigenvalue weighted by Crippen LogP contribution is -2.51. The zero-order valence-electron chi connectivity index (χ0n) is 15.9. The minimum Gasteiger partial charge on any atom is -0.497 e. The molecule has 0 unspecified atom stereocenters. The molecule has 8 heteroatoms. The van der Waals surface area contributed by atoms with Crippen LogP contribution >= 0.6 is 11.3 Å². The van der Waals surface area contributed by atoms with E-state index in [1.54, 1.807) is 25.6 Å². The predicted octanol–water partition coefficient (Wildman–Crippen LogP) is 2.23. The molecule has 0 atom stereocenters. The molecule has 1 aliphatic rings. The monoisotopic (exact) mass is 389 g/mol. The van der Waals surface area contributed by atoms with Gasteiger partial charge in [-0.05, 0) is 36.6 Å². The molecule has 0 aliphatic carbocycles. The normalized spacial score (nSPS) is 15.1. The van der Waals surface area contributed by atoms with E-state index in [0.717, 1.165) is 61.2 Å². The first-order valence-corrected chi connectivity index (χ1v) is 9.99. The van der Waals surface area contributed by atoms with Crippen LogP contribution in [0.15, 0.2) is 34.8 Å². The lowest BCUT2D eigenvalue weighted by Gasteiger charge is -2.35. The highest BCUT2D eigenvalue weighted by Crippen LogP contribution is 2.25. The Morgan fingerprint density at radius 3 is 2.70 bits per heavy atom. The average Bonchev–Trinajstić information content (AvgIpc) is 3.26. The maximum absolute atomic E-state index is 6.19. The summed E-state index contributed by atoms with van der Waals surface area (Å²) in [7, 11) is 3.36. The van der Waals surface area contributed by atoms with Crippen molar-refractivity contribution in [2.24, 2.45) is 10.7 Å². The van der Waals surface area contributed by atoms with Gasteiger partial charge >= 0.3 is 0 Å². The van der Waals surface area contributed by atoms with Gasteiger partial charge in [0.1, 0.15) is 11.5 Å². The third-order valence-corrected chi connectivity index (χ3v) is 5.49. The van der Waals surface area contributed by atoms with Gasteiger partial charge in [0.2, 0.25) is 0 Å². The Balaban J connectivity index is 1.46. The molecular weight excluding hydrogens is 362 g/mol. The Bertz CT molecular complexity index is 743. The van der Waals surface area contributed by atoms with Gasteiger partial charge < -0.3 is 25.0 Å². The topological polar surface area (TPSA) is 76.2 Å². The van der Waals surface area contributed by atoms with Gasteiger partial charge in [-0.1, -0.05) is 0 Å². The molecular formula is C19H27N5O2S. The number of nitrogens with zero attached hydrogens (tertiary/aromatic N) is 4. The van der Waals surface area contributed by atoms with Gasteiger partial charge in [-0.25, -0.2) is 4.98 Å². The smallest absolute Gasteiger partial charge is 0.191 e. The van der Waals surface area contributed by atoms with Crippen molar-refractivity contribution in [3.05, 3.63) is 35.3 Å². The van der Waals surface area contributed by atoms with Crippen LogP contribution in [0.3, 0.4) is 0 Å². The number of anilines is 1. The number of piperazine rings is 1. The number of aromatic nitrogens is 1. The lowest BCUT2D eigenvalue weighted by molar-refractivity contribution is 0.380. The van der Waals surface area contributed by atoms with Crippen LogP contribution < -0.4 is 20.1 Å². The molecule has 2 heterocycles. The van der Waals surface area contributed by atoms with Gasteiger partial charge in [0.25, 0.3) is 0 Å². The number of benzene rings is 1. The van der Waals surface area contributed by atoms with Crippen molar-refractivity contribution in [2.75, 3.05) is 51.8 Å². The van der Waals surface area contributed by atoms with E-state index in [-0.39, 0.29) is 0 Å². The number of hydrogen-bond acceptors (Lipinski definition) is 6. The first-order valence-electron chi connectivity index (χ1n) is 9.11. The fraction of sp³-hybridized carbons (Fsp3) is 0.474. The second kappa shape index (κ2) is 9.45. The number of nitrogens with two attached hydrogens (primary N) is 1. The summed E-state index contributed by atoms with van der Waals surface area (Å²) < 4.78 is 10.7. The zero-order valence-corrected chi connectivity index (χ0v) is 16.7. The third-order valence-electron chi connectivity index (χ3n) is 4.66. The molecule has 1 aliphatic heterocycles. The Morgan fingerprint density at radius 1 is 1.22 bits per heavy atom. The number of guanidine groups is 1. The van der Waals surface area contributed by atoms with Crippen LogP contribution in [0.5, 0.6) is 11.5 Å². The number of methoxy groups -OCH3 is 2. The highest BCUT2D eigenvalue weighted by atomic mass is 32.1. The molecule has 1 saturated heterocycles. The SMILES string of the molecule is COc1ccc(OC)c(CCCN=C(N)N2CCN(c3nccs3)CC2)c1. The van der Waals surface area contributed by atoms with Crippen molar-refractivity contribution < 1.29 is 9.47 Å². The maximum atomic E-state index is 6.19. The van der Waals surface area contributed by atoms with E-state index in [1.807, 2.05) is 29.8 Å². The van der Waals surface area contributed by atoms with Gasteiger partial charge in [0.05, 0.1) is 14.2 Å². The summed E-state index contributed by atoms with van der Waals surface area (Å²) in [4.78, 5) is 13.4. The molecule has 1 aromatic heterocycles. The molecule has 0 bridgehead atoms. The van der Waals surface area contributed by atoms with Crippen molar-refractivity contribution in [1.29, 1.82) is 0 Å². The summed E-state index contributed by atoms with van der Waals surface area (Å²) in [6, 6.07) is 5.86. The Hall–Kier alpha value is -2.48. The van der Waals surface area contributed by atoms with Crippen molar-refractivity contribution in [3.8, 4) is 11.5 Å². The summed E-state index contributed by atoms with van der Waals surface area (Å²) in [6.07, 6.45) is 3.62. The summed E-state index contributed by atoms with van der Waals surface area (Å²) in [6.45, 7) is 4.28. The van der Waals surface area contributed by atoms with Crippen molar-refractivity contribution in [1.82, 2.24) is 9.88 Å². The van der Waals surface area contributed by atoms with Crippen LogP contribution in [-0.2, 0) is 6.42 Å². The van der Waals surface area contributed by atoms with Gasteiger partial charge in [0, 0.05) is 44.3 Å². The van der Waals surface area contributed by atoms with Crippen LogP contribution in [-0.4, -0.2) is 62.8 Å². The number of hydrogen-bond donors (Lipinski definition) is 1. The summed E-state index contributed by atoms with van der Waals surface area (Å²) in [5.41, 5.74) is 7.32. The summed E-state index contributed by atoms with van der Waals surface area (Å²) >= 11 is 1.68. The van der Waals surface area contributed by atoms with E-state index in [9.17, 15) is 0 Å². The highest BCUT2D eigenvalue weighted by molar-refractivity contribution is 7.13. The molecule has 27 heavy (non-hydrogen) atoms. The van der Waals surface area contributed by atoms with Gasteiger partial charge in [-0.3, -0.25) is 4.99 Å². The molecule has 0 amide bonds. The standard InChI is InChI=1S/C19H27N5O2S/c1-25-16-5-6-17(26-2)15(14-16)4-3-7-21-18(20)23-9-11-24(12-10-23)19-22-8-13-27-19/h5-6,8,13-14H,3-4,7,9-12H2,1-2H3,(H2,20,21). The molecule has 146 valence electrons. The van der Waals surface area contributed by atoms with Crippen LogP contribution in [0.2, 0.25) is 0 Å². The fourth-order valence-electron chi connectivity index (χ4n) is 3.14. The van der Waals surface area contributed by atoms with Crippen molar-refractivity contribution in [3.63, 3.8) is 0 Å². The highest BCUT2D eigenvalue weighted by Gasteiger charge is 2.19. The maximum Gasteiger partial charge on any atom is 0.191 e. The first-order chi connectivity index (χ1) is 13.2. The van der Waals surface area contributed by atoms with Crippen LogP contribution in [0.4, 0.5) is 5.13 Å².